The minimum Gasteiger partial charge on any atom is -0.491 e. The molecular weight excluding hydrogens is 372 g/mol. The molecule has 6 nitrogen and oxygen atoms in total. The zero-order valence-corrected chi connectivity index (χ0v) is 16.9. The Labute approximate surface area is 168 Å². The van der Waals surface area contributed by atoms with Gasteiger partial charge in [-0.2, -0.15) is 9.78 Å². The minimum absolute atomic E-state index is 0.0258. The topological polar surface area (TPSA) is 69.0 Å². The number of rotatable bonds is 4. The average molecular weight is 395 g/mol. The molecule has 3 heterocycles. The first-order valence-corrected chi connectivity index (χ1v) is 10.3. The van der Waals surface area contributed by atoms with Crippen molar-refractivity contribution in [3.8, 4) is 11.6 Å². The van der Waals surface area contributed by atoms with Gasteiger partial charge in [0, 0.05) is 11.8 Å². The van der Waals surface area contributed by atoms with E-state index in [1.54, 1.807) is 22.6 Å². The van der Waals surface area contributed by atoms with Gasteiger partial charge in [0.2, 0.25) is 5.91 Å². The lowest BCUT2D eigenvalue weighted by molar-refractivity contribution is -0.113. The maximum absolute atomic E-state index is 12.4. The van der Waals surface area contributed by atoms with E-state index in [1.807, 2.05) is 51.1 Å². The lowest BCUT2D eigenvalue weighted by Gasteiger charge is -2.17. The number of ether oxygens (including phenoxy) is 1. The molecule has 0 fully saturated rings. The van der Waals surface area contributed by atoms with Crippen LogP contribution in [0, 0.1) is 6.92 Å². The Morgan fingerprint density at radius 1 is 1.25 bits per heavy atom. The van der Waals surface area contributed by atoms with Gasteiger partial charge in [0.25, 0.3) is 0 Å². The second-order valence-corrected chi connectivity index (χ2v) is 8.02. The molecular formula is C21H22N4O2S. The van der Waals surface area contributed by atoms with Crippen molar-refractivity contribution in [1.29, 1.82) is 0 Å². The van der Waals surface area contributed by atoms with E-state index in [1.165, 1.54) is 0 Å². The molecule has 3 aromatic rings. The summed E-state index contributed by atoms with van der Waals surface area (Å²) in [6, 6.07) is 13.7. The minimum atomic E-state index is -0.0413. The van der Waals surface area contributed by atoms with Gasteiger partial charge in [0.1, 0.15) is 11.6 Å². The van der Waals surface area contributed by atoms with Crippen LogP contribution >= 0.6 is 11.8 Å². The van der Waals surface area contributed by atoms with Crippen molar-refractivity contribution in [1.82, 2.24) is 14.8 Å². The molecule has 1 aromatic carbocycles. The van der Waals surface area contributed by atoms with Gasteiger partial charge in [0.15, 0.2) is 5.82 Å². The highest BCUT2D eigenvalue weighted by molar-refractivity contribution is 8.00. The number of carbonyl (C=O) groups excluding carboxylic acids is 1. The van der Waals surface area contributed by atoms with Crippen LogP contribution in [0.2, 0.25) is 0 Å². The summed E-state index contributed by atoms with van der Waals surface area (Å²) in [5.41, 5.74) is 2.96. The maximum atomic E-state index is 12.4. The quantitative estimate of drug-likeness (QED) is 0.720. The maximum Gasteiger partial charge on any atom is 0.235 e. The predicted octanol–water partition coefficient (Wildman–Crippen LogP) is 4.14. The lowest BCUT2D eigenvalue weighted by atomic mass is 10.0. The van der Waals surface area contributed by atoms with Crippen LogP contribution in [-0.4, -0.2) is 32.5 Å². The van der Waals surface area contributed by atoms with Crippen molar-refractivity contribution < 1.29 is 9.53 Å². The molecule has 1 atom stereocenters. The standard InChI is InChI=1S/C21H22N4O2S/c1-13(2)27-16-8-6-7-15(11-16)20-19-14(3)24-25(17-9-4-5-10-22-17)21(19)23-18(26)12-28-20/h4-11,13,20H,12H2,1-3H3,(H,23,26). The number of amides is 1. The van der Waals surface area contributed by atoms with Crippen molar-refractivity contribution in [2.75, 3.05) is 11.1 Å². The van der Waals surface area contributed by atoms with Gasteiger partial charge in [-0.1, -0.05) is 18.2 Å². The molecule has 144 valence electrons. The van der Waals surface area contributed by atoms with Crippen molar-refractivity contribution in [3.63, 3.8) is 0 Å². The highest BCUT2D eigenvalue weighted by Crippen LogP contribution is 2.44. The number of pyridine rings is 1. The third kappa shape index (κ3) is 3.62. The molecule has 0 aliphatic carbocycles. The molecule has 0 saturated carbocycles. The van der Waals surface area contributed by atoms with E-state index in [4.69, 9.17) is 4.74 Å². The van der Waals surface area contributed by atoms with E-state index in [0.29, 0.717) is 17.4 Å². The molecule has 1 amide bonds. The Morgan fingerprint density at radius 2 is 2.11 bits per heavy atom. The van der Waals surface area contributed by atoms with Crippen LogP contribution in [0.4, 0.5) is 5.82 Å². The fraction of sp³-hybridized carbons (Fsp3) is 0.286. The molecule has 1 N–H and O–H groups in total. The summed E-state index contributed by atoms with van der Waals surface area (Å²) >= 11 is 1.60. The summed E-state index contributed by atoms with van der Waals surface area (Å²) in [5.74, 6) is 2.52. The summed E-state index contributed by atoms with van der Waals surface area (Å²) < 4.78 is 7.59. The number of fused-ring (bicyclic) bond motifs is 1. The Hall–Kier alpha value is -2.80. The van der Waals surface area contributed by atoms with Gasteiger partial charge in [-0.15, -0.1) is 11.8 Å². The summed E-state index contributed by atoms with van der Waals surface area (Å²) in [7, 11) is 0. The number of benzene rings is 1. The Morgan fingerprint density at radius 3 is 2.86 bits per heavy atom. The Bertz CT molecular complexity index is 1000. The Balaban J connectivity index is 1.82. The van der Waals surface area contributed by atoms with Crippen LogP contribution in [0.1, 0.15) is 35.9 Å². The van der Waals surface area contributed by atoms with Gasteiger partial charge in [-0.25, -0.2) is 4.98 Å². The van der Waals surface area contributed by atoms with Crippen molar-refractivity contribution in [2.24, 2.45) is 0 Å². The van der Waals surface area contributed by atoms with Crippen molar-refractivity contribution >= 4 is 23.5 Å². The highest BCUT2D eigenvalue weighted by Gasteiger charge is 2.31. The summed E-state index contributed by atoms with van der Waals surface area (Å²) in [5, 5.41) is 7.68. The van der Waals surface area contributed by atoms with E-state index in [2.05, 4.69) is 27.5 Å². The van der Waals surface area contributed by atoms with Crippen LogP contribution in [0.15, 0.2) is 48.7 Å². The fourth-order valence-electron chi connectivity index (χ4n) is 3.31. The van der Waals surface area contributed by atoms with E-state index in [0.717, 1.165) is 22.6 Å². The molecule has 7 heteroatoms. The van der Waals surface area contributed by atoms with Crippen molar-refractivity contribution in [2.45, 2.75) is 32.1 Å². The summed E-state index contributed by atoms with van der Waals surface area (Å²) in [4.78, 5) is 16.8. The first-order valence-electron chi connectivity index (χ1n) is 9.22. The molecule has 0 radical (unpaired) electrons. The number of carbonyl (C=O) groups is 1. The molecule has 4 rings (SSSR count). The van der Waals surface area contributed by atoms with E-state index >= 15 is 0 Å². The predicted molar refractivity (Wildman–Crippen MR) is 111 cm³/mol. The third-order valence-electron chi connectivity index (χ3n) is 4.41. The molecule has 0 saturated heterocycles. The number of aromatic nitrogens is 3. The molecule has 0 spiro atoms. The second kappa shape index (κ2) is 7.67. The molecule has 28 heavy (non-hydrogen) atoms. The molecule has 2 aromatic heterocycles. The van der Waals surface area contributed by atoms with Crippen LogP contribution in [0.3, 0.4) is 0 Å². The van der Waals surface area contributed by atoms with Crippen LogP contribution in [0.25, 0.3) is 5.82 Å². The lowest BCUT2D eigenvalue weighted by Crippen LogP contribution is -2.16. The largest absolute Gasteiger partial charge is 0.491 e. The first kappa shape index (κ1) is 18.6. The Kier molecular flexibility index (Phi) is 5.09. The molecule has 0 bridgehead atoms. The number of hydrogen-bond donors (Lipinski definition) is 1. The summed E-state index contributed by atoms with van der Waals surface area (Å²) in [6.07, 6.45) is 1.82. The normalized spacial score (nSPS) is 16.4. The number of aryl methyl sites for hydroxylation is 1. The van der Waals surface area contributed by atoms with Crippen molar-refractivity contribution in [3.05, 3.63) is 65.5 Å². The van der Waals surface area contributed by atoms with E-state index in [9.17, 15) is 4.79 Å². The molecule has 1 aliphatic rings. The van der Waals surface area contributed by atoms with E-state index in [-0.39, 0.29) is 17.3 Å². The number of nitrogens with one attached hydrogen (secondary N) is 1. The van der Waals surface area contributed by atoms with Gasteiger partial charge >= 0.3 is 0 Å². The SMILES string of the molecule is Cc1nn(-c2ccccn2)c2c1C(c1cccc(OC(C)C)c1)SCC(=O)N2. The van der Waals surface area contributed by atoms with Gasteiger partial charge in [0.05, 0.1) is 22.8 Å². The van der Waals surface area contributed by atoms with Gasteiger partial charge in [-0.3, -0.25) is 4.79 Å². The third-order valence-corrected chi connectivity index (χ3v) is 5.68. The zero-order valence-electron chi connectivity index (χ0n) is 16.0. The first-order chi connectivity index (χ1) is 13.5. The smallest absolute Gasteiger partial charge is 0.235 e. The monoisotopic (exact) mass is 394 g/mol. The van der Waals surface area contributed by atoms with Crippen LogP contribution < -0.4 is 10.1 Å². The fourth-order valence-corrected chi connectivity index (χ4v) is 4.49. The molecule has 1 aliphatic heterocycles. The number of nitrogens with zero attached hydrogens (tertiary/aromatic N) is 3. The number of anilines is 1. The van der Waals surface area contributed by atoms with Crippen LogP contribution in [0.5, 0.6) is 5.75 Å². The van der Waals surface area contributed by atoms with E-state index < -0.39 is 0 Å². The summed E-state index contributed by atoms with van der Waals surface area (Å²) in [6.45, 7) is 5.99. The van der Waals surface area contributed by atoms with Gasteiger partial charge < -0.3 is 10.1 Å². The number of thioether (sulfide) groups is 1. The molecule has 1 unspecified atom stereocenters. The average Bonchev–Trinajstić information content (AvgIpc) is 2.88. The second-order valence-electron chi connectivity index (χ2n) is 6.93. The number of hydrogen-bond acceptors (Lipinski definition) is 5. The van der Waals surface area contributed by atoms with Crippen LogP contribution in [-0.2, 0) is 4.79 Å². The van der Waals surface area contributed by atoms with Gasteiger partial charge in [-0.05, 0) is 50.6 Å². The zero-order chi connectivity index (χ0) is 19.7. The highest BCUT2D eigenvalue weighted by atomic mass is 32.2.